The van der Waals surface area contributed by atoms with Crippen molar-refractivity contribution >= 4 is 26.0 Å². The summed E-state index contributed by atoms with van der Waals surface area (Å²) in [6, 6.07) is 6.98. The van der Waals surface area contributed by atoms with Gasteiger partial charge in [-0.15, -0.1) is 0 Å². The van der Waals surface area contributed by atoms with E-state index in [1.165, 1.54) is 0 Å². The molecule has 1 fully saturated rings. The van der Waals surface area contributed by atoms with Gasteiger partial charge in [0, 0.05) is 10.5 Å². The highest BCUT2D eigenvalue weighted by molar-refractivity contribution is 9.10. The quantitative estimate of drug-likeness (QED) is 0.928. The van der Waals surface area contributed by atoms with Crippen molar-refractivity contribution < 1.29 is 8.42 Å². The molecule has 1 aliphatic rings. The third-order valence-electron chi connectivity index (χ3n) is 2.55. The Hall–Kier alpha value is -0.390. The summed E-state index contributed by atoms with van der Waals surface area (Å²) < 4.78 is 27.1. The lowest BCUT2D eigenvalue weighted by Gasteiger charge is -2.26. The Kier molecular flexibility index (Phi) is 3.13. The van der Waals surface area contributed by atoms with E-state index in [9.17, 15) is 8.42 Å². The molecule has 0 saturated heterocycles. The lowest BCUT2D eigenvalue weighted by molar-refractivity contribution is 0.383. The lowest BCUT2D eigenvalue weighted by atomic mass is 9.94. The summed E-state index contributed by atoms with van der Waals surface area (Å²) in [5.74, 6) is 0. The molecule has 0 heterocycles. The zero-order valence-electron chi connectivity index (χ0n) is 8.11. The molecule has 0 radical (unpaired) electrons. The first-order valence-electron chi connectivity index (χ1n) is 4.86. The molecule has 1 aromatic carbocycles. The Labute approximate surface area is 98.1 Å². The van der Waals surface area contributed by atoms with Gasteiger partial charge in [-0.25, -0.2) is 13.1 Å². The molecular weight excluding hydrogens is 278 g/mol. The fourth-order valence-corrected chi connectivity index (χ4v) is 3.78. The topological polar surface area (TPSA) is 46.2 Å². The minimum atomic E-state index is -3.35. The van der Waals surface area contributed by atoms with Gasteiger partial charge in [0.15, 0.2) is 0 Å². The van der Waals surface area contributed by atoms with Crippen LogP contribution in [0, 0.1) is 0 Å². The molecular formula is C10H12BrNO2S. The van der Waals surface area contributed by atoms with Crippen LogP contribution in [0.1, 0.15) is 19.3 Å². The van der Waals surface area contributed by atoms with Crippen LogP contribution in [0.15, 0.2) is 33.6 Å². The third-order valence-corrected chi connectivity index (χ3v) is 5.09. The highest BCUT2D eigenvalue weighted by Gasteiger charge is 2.25. The van der Waals surface area contributed by atoms with Crippen molar-refractivity contribution in [3.05, 3.63) is 28.7 Å². The van der Waals surface area contributed by atoms with Crippen molar-refractivity contribution in [2.75, 3.05) is 0 Å². The van der Waals surface area contributed by atoms with Crippen molar-refractivity contribution in [2.24, 2.45) is 0 Å². The summed E-state index contributed by atoms with van der Waals surface area (Å²) in [6.45, 7) is 0. The first kappa shape index (κ1) is 11.1. The van der Waals surface area contributed by atoms with Gasteiger partial charge in [0.25, 0.3) is 0 Å². The van der Waals surface area contributed by atoms with Crippen LogP contribution in [0.5, 0.6) is 0 Å². The molecule has 0 spiro atoms. The molecule has 1 aliphatic carbocycles. The van der Waals surface area contributed by atoms with E-state index < -0.39 is 10.0 Å². The van der Waals surface area contributed by atoms with Gasteiger partial charge < -0.3 is 0 Å². The standard InChI is InChI=1S/C10H12BrNO2S/c11-9-6-1-2-7-10(9)15(13,14)12-8-4-3-5-8/h1-2,6-8,12H,3-5H2. The van der Waals surface area contributed by atoms with Gasteiger partial charge in [0.2, 0.25) is 10.0 Å². The van der Waals surface area contributed by atoms with Crippen molar-refractivity contribution in [2.45, 2.75) is 30.2 Å². The van der Waals surface area contributed by atoms with Crippen LogP contribution in [0.3, 0.4) is 0 Å². The maximum absolute atomic E-state index is 11.9. The maximum atomic E-state index is 11.9. The molecule has 5 heteroatoms. The van der Waals surface area contributed by atoms with Crippen molar-refractivity contribution in [3.8, 4) is 0 Å². The summed E-state index contributed by atoms with van der Waals surface area (Å²) >= 11 is 3.24. The molecule has 15 heavy (non-hydrogen) atoms. The van der Waals surface area contributed by atoms with Gasteiger partial charge in [-0.3, -0.25) is 0 Å². The fraction of sp³-hybridized carbons (Fsp3) is 0.400. The average Bonchev–Trinajstić information content (AvgIpc) is 2.12. The van der Waals surface area contributed by atoms with Gasteiger partial charge in [-0.05, 0) is 40.9 Å². The zero-order valence-corrected chi connectivity index (χ0v) is 10.5. The molecule has 0 amide bonds. The maximum Gasteiger partial charge on any atom is 0.241 e. The Morgan fingerprint density at radius 2 is 1.93 bits per heavy atom. The minimum Gasteiger partial charge on any atom is -0.208 e. The van der Waals surface area contributed by atoms with E-state index in [0.29, 0.717) is 9.37 Å². The predicted octanol–water partition coefficient (Wildman–Crippen LogP) is 2.28. The molecule has 3 nitrogen and oxygen atoms in total. The van der Waals surface area contributed by atoms with E-state index in [-0.39, 0.29) is 6.04 Å². The first-order valence-corrected chi connectivity index (χ1v) is 7.14. The van der Waals surface area contributed by atoms with Crippen LogP contribution in [0.25, 0.3) is 0 Å². The highest BCUT2D eigenvalue weighted by Crippen LogP contribution is 2.24. The molecule has 0 atom stereocenters. The summed E-state index contributed by atoms with van der Waals surface area (Å²) in [4.78, 5) is 0.317. The lowest BCUT2D eigenvalue weighted by Crippen LogP contribution is -2.39. The summed E-state index contributed by atoms with van der Waals surface area (Å²) in [6.07, 6.45) is 3.01. The zero-order chi connectivity index (χ0) is 10.9. The van der Waals surface area contributed by atoms with Gasteiger partial charge in [-0.2, -0.15) is 0 Å². The van der Waals surface area contributed by atoms with Crippen LogP contribution >= 0.6 is 15.9 Å². The van der Waals surface area contributed by atoms with Crippen LogP contribution in [0.2, 0.25) is 0 Å². The number of benzene rings is 1. The van der Waals surface area contributed by atoms with E-state index in [4.69, 9.17) is 0 Å². The molecule has 1 saturated carbocycles. The highest BCUT2D eigenvalue weighted by atomic mass is 79.9. The Morgan fingerprint density at radius 3 is 2.47 bits per heavy atom. The Balaban J connectivity index is 2.24. The number of halogens is 1. The van der Waals surface area contributed by atoms with Crippen molar-refractivity contribution in [1.82, 2.24) is 4.72 Å². The van der Waals surface area contributed by atoms with Gasteiger partial charge >= 0.3 is 0 Å². The van der Waals surface area contributed by atoms with Gasteiger partial charge in [0.05, 0.1) is 4.90 Å². The third kappa shape index (κ3) is 2.41. The van der Waals surface area contributed by atoms with Crippen molar-refractivity contribution in [1.29, 1.82) is 0 Å². The fourth-order valence-electron chi connectivity index (χ4n) is 1.47. The predicted molar refractivity (Wildman–Crippen MR) is 62.1 cm³/mol. The number of nitrogens with one attached hydrogen (secondary N) is 1. The normalized spacial score (nSPS) is 17.4. The molecule has 1 N–H and O–H groups in total. The molecule has 0 unspecified atom stereocenters. The van der Waals surface area contributed by atoms with E-state index in [1.807, 2.05) is 0 Å². The molecule has 0 bridgehead atoms. The minimum absolute atomic E-state index is 0.127. The number of sulfonamides is 1. The Bertz CT molecular complexity index is 454. The molecule has 2 rings (SSSR count). The largest absolute Gasteiger partial charge is 0.241 e. The molecule has 1 aromatic rings. The number of rotatable bonds is 3. The van der Waals surface area contributed by atoms with Crippen LogP contribution in [-0.2, 0) is 10.0 Å². The molecule has 0 aliphatic heterocycles. The summed E-state index contributed by atoms with van der Waals surface area (Å²) in [5, 5.41) is 0. The van der Waals surface area contributed by atoms with Crippen LogP contribution in [-0.4, -0.2) is 14.5 Å². The Morgan fingerprint density at radius 1 is 1.27 bits per heavy atom. The van der Waals surface area contributed by atoms with E-state index in [1.54, 1.807) is 24.3 Å². The second kappa shape index (κ2) is 4.23. The van der Waals surface area contributed by atoms with E-state index in [2.05, 4.69) is 20.7 Å². The molecule has 0 aromatic heterocycles. The van der Waals surface area contributed by atoms with Crippen molar-refractivity contribution in [3.63, 3.8) is 0 Å². The van der Waals surface area contributed by atoms with E-state index >= 15 is 0 Å². The smallest absolute Gasteiger partial charge is 0.208 e. The van der Waals surface area contributed by atoms with Gasteiger partial charge in [-0.1, -0.05) is 18.6 Å². The van der Waals surface area contributed by atoms with Crippen LogP contribution in [0.4, 0.5) is 0 Å². The summed E-state index contributed by atoms with van der Waals surface area (Å²) in [5.41, 5.74) is 0. The SMILES string of the molecule is O=S(=O)(NC1CCC1)c1ccccc1Br. The van der Waals surface area contributed by atoms with Crippen LogP contribution < -0.4 is 4.72 Å². The first-order chi connectivity index (χ1) is 7.09. The second-order valence-electron chi connectivity index (χ2n) is 3.68. The average molecular weight is 290 g/mol. The monoisotopic (exact) mass is 289 g/mol. The van der Waals surface area contributed by atoms with E-state index in [0.717, 1.165) is 19.3 Å². The number of hydrogen-bond acceptors (Lipinski definition) is 2. The number of hydrogen-bond donors (Lipinski definition) is 1. The van der Waals surface area contributed by atoms with Gasteiger partial charge in [0.1, 0.15) is 0 Å². The molecule has 82 valence electrons. The summed E-state index contributed by atoms with van der Waals surface area (Å²) in [7, 11) is -3.35. The second-order valence-corrected chi connectivity index (χ2v) is 6.22.